The minimum absolute atomic E-state index is 0.0782. The van der Waals surface area contributed by atoms with Crippen molar-refractivity contribution in [1.82, 2.24) is 9.62 Å². The first-order valence-corrected chi connectivity index (χ1v) is 10.2. The molecule has 1 aromatic carbocycles. The van der Waals surface area contributed by atoms with Gasteiger partial charge in [0.25, 0.3) is 0 Å². The zero-order valence-corrected chi connectivity index (χ0v) is 15.7. The molecule has 0 spiro atoms. The topological polar surface area (TPSA) is 62.6 Å². The summed E-state index contributed by atoms with van der Waals surface area (Å²) in [5, 5.41) is 1.07. The average molecular weight is 371 g/mol. The van der Waals surface area contributed by atoms with E-state index in [2.05, 4.69) is 15.7 Å². The van der Waals surface area contributed by atoms with E-state index in [1.54, 1.807) is 0 Å². The fourth-order valence-corrected chi connectivity index (χ4v) is 4.76. The Morgan fingerprint density at radius 1 is 1.42 bits per heavy atom. The SMILES string of the molecule is CC(C)CS(=O)(=O)NCc1oc2cccc3c2c1CN(C)C(Cl)C3. The highest BCUT2D eigenvalue weighted by atomic mass is 35.5. The van der Waals surface area contributed by atoms with E-state index in [1.807, 2.05) is 33.0 Å². The number of hydrogen-bond donors (Lipinski definition) is 1. The van der Waals surface area contributed by atoms with Crippen molar-refractivity contribution < 1.29 is 12.8 Å². The normalized spacial score (nSPS) is 19.1. The monoisotopic (exact) mass is 370 g/mol. The van der Waals surface area contributed by atoms with Crippen LogP contribution in [0, 0.1) is 5.92 Å². The second kappa shape index (κ2) is 6.67. The standard InChI is InChI=1S/C17H23ClN2O3S/c1-11(2)10-24(21,22)19-8-15-13-9-20(3)16(18)7-12-5-4-6-14(23-15)17(12)13/h4-6,11,16,19H,7-10H2,1-3H3. The van der Waals surface area contributed by atoms with Crippen LogP contribution in [-0.2, 0) is 29.5 Å². The third-order valence-electron chi connectivity index (χ3n) is 4.26. The first-order valence-electron chi connectivity index (χ1n) is 8.10. The van der Waals surface area contributed by atoms with Gasteiger partial charge >= 0.3 is 0 Å². The molecule has 2 aromatic rings. The van der Waals surface area contributed by atoms with Crippen molar-refractivity contribution >= 4 is 32.6 Å². The molecule has 2 heterocycles. The lowest BCUT2D eigenvalue weighted by Gasteiger charge is -2.20. The summed E-state index contributed by atoms with van der Waals surface area (Å²) in [7, 11) is -1.35. The molecule has 0 radical (unpaired) electrons. The third-order valence-corrected chi connectivity index (χ3v) is 6.44. The van der Waals surface area contributed by atoms with Gasteiger partial charge in [-0.25, -0.2) is 13.1 Å². The van der Waals surface area contributed by atoms with Crippen molar-refractivity contribution in [3.8, 4) is 0 Å². The maximum atomic E-state index is 12.1. The van der Waals surface area contributed by atoms with E-state index in [9.17, 15) is 8.42 Å². The van der Waals surface area contributed by atoms with E-state index in [1.165, 1.54) is 0 Å². The quantitative estimate of drug-likeness (QED) is 0.649. The summed E-state index contributed by atoms with van der Waals surface area (Å²) in [4.78, 5) is 2.05. The number of hydrogen-bond acceptors (Lipinski definition) is 4. The molecule has 1 aromatic heterocycles. The molecule has 1 aliphatic heterocycles. The number of benzene rings is 1. The van der Waals surface area contributed by atoms with Gasteiger partial charge in [0.05, 0.1) is 17.8 Å². The smallest absolute Gasteiger partial charge is 0.212 e. The Labute approximate surface area is 148 Å². The molecule has 1 N–H and O–H groups in total. The third kappa shape index (κ3) is 3.61. The van der Waals surface area contributed by atoms with Crippen molar-refractivity contribution in [1.29, 1.82) is 0 Å². The molecular formula is C17H23ClN2O3S. The predicted molar refractivity (Wildman–Crippen MR) is 96.5 cm³/mol. The second-order valence-corrected chi connectivity index (χ2v) is 9.20. The molecule has 0 saturated carbocycles. The maximum Gasteiger partial charge on any atom is 0.212 e. The minimum atomic E-state index is -3.32. The Morgan fingerprint density at radius 2 is 2.17 bits per heavy atom. The molecule has 1 unspecified atom stereocenters. The molecule has 24 heavy (non-hydrogen) atoms. The summed E-state index contributed by atoms with van der Waals surface area (Å²) in [6, 6.07) is 5.93. The van der Waals surface area contributed by atoms with Crippen LogP contribution < -0.4 is 4.72 Å². The zero-order valence-electron chi connectivity index (χ0n) is 14.2. The van der Waals surface area contributed by atoms with E-state index in [0.717, 1.165) is 28.5 Å². The first-order chi connectivity index (χ1) is 11.3. The number of nitrogens with one attached hydrogen (secondary N) is 1. The molecule has 1 aliphatic rings. The highest BCUT2D eigenvalue weighted by Gasteiger charge is 2.26. The summed E-state index contributed by atoms with van der Waals surface area (Å²) in [5.41, 5.74) is 2.87. The van der Waals surface area contributed by atoms with Crippen LogP contribution in [0.15, 0.2) is 22.6 Å². The van der Waals surface area contributed by atoms with Crippen LogP contribution >= 0.6 is 11.6 Å². The molecule has 0 bridgehead atoms. The predicted octanol–water partition coefficient (Wildman–Crippen LogP) is 3.06. The number of furan rings is 1. The average Bonchev–Trinajstić information content (AvgIpc) is 2.76. The molecule has 1 atom stereocenters. The summed E-state index contributed by atoms with van der Waals surface area (Å²) in [6.07, 6.45) is 0.737. The number of nitrogens with zero attached hydrogens (tertiary/aromatic N) is 1. The number of alkyl halides is 1. The summed E-state index contributed by atoms with van der Waals surface area (Å²) in [5.74, 6) is 0.856. The van der Waals surface area contributed by atoms with Crippen LogP contribution in [0.5, 0.6) is 0 Å². The maximum absolute atomic E-state index is 12.1. The number of halogens is 1. The molecule has 0 saturated heterocycles. The lowest BCUT2D eigenvalue weighted by atomic mass is 10.0. The second-order valence-electron chi connectivity index (χ2n) is 6.84. The van der Waals surface area contributed by atoms with Gasteiger partial charge in [-0.05, 0) is 24.6 Å². The van der Waals surface area contributed by atoms with Crippen molar-refractivity contribution in [3.63, 3.8) is 0 Å². The van der Waals surface area contributed by atoms with Gasteiger partial charge in [-0.3, -0.25) is 4.90 Å². The van der Waals surface area contributed by atoms with Gasteiger partial charge in [0.2, 0.25) is 10.0 Å². The van der Waals surface area contributed by atoms with E-state index >= 15 is 0 Å². The van der Waals surface area contributed by atoms with Gasteiger partial charge in [0, 0.05) is 23.9 Å². The highest BCUT2D eigenvalue weighted by molar-refractivity contribution is 7.89. The van der Waals surface area contributed by atoms with Crippen molar-refractivity contribution in [2.24, 2.45) is 5.92 Å². The van der Waals surface area contributed by atoms with E-state index < -0.39 is 10.0 Å². The van der Waals surface area contributed by atoms with Crippen molar-refractivity contribution in [2.45, 2.75) is 38.9 Å². The number of sulfonamides is 1. The largest absolute Gasteiger partial charge is 0.459 e. The van der Waals surface area contributed by atoms with Gasteiger partial charge in [-0.15, -0.1) is 11.6 Å². The van der Waals surface area contributed by atoms with Gasteiger partial charge in [0.1, 0.15) is 11.3 Å². The Balaban J connectivity index is 1.94. The van der Waals surface area contributed by atoms with E-state index in [-0.39, 0.29) is 23.7 Å². The molecule has 132 valence electrons. The molecule has 5 nitrogen and oxygen atoms in total. The van der Waals surface area contributed by atoms with E-state index in [4.69, 9.17) is 16.0 Å². The van der Waals surface area contributed by atoms with Gasteiger partial charge < -0.3 is 4.42 Å². The molecule has 0 aliphatic carbocycles. The molecule has 0 amide bonds. The summed E-state index contributed by atoms with van der Waals surface area (Å²) in [6.45, 7) is 4.57. The van der Waals surface area contributed by atoms with Crippen LogP contribution in [0.1, 0.15) is 30.7 Å². The van der Waals surface area contributed by atoms with Gasteiger partial charge in [-0.2, -0.15) is 0 Å². The fourth-order valence-electron chi connectivity index (χ4n) is 3.18. The van der Waals surface area contributed by atoms with Gasteiger partial charge in [-0.1, -0.05) is 26.0 Å². The van der Waals surface area contributed by atoms with Crippen LogP contribution in [0.2, 0.25) is 0 Å². The Kier molecular flexibility index (Phi) is 4.93. The molecule has 7 heteroatoms. The zero-order chi connectivity index (χ0) is 17.5. The van der Waals surface area contributed by atoms with Crippen LogP contribution in [0.4, 0.5) is 0 Å². The first kappa shape index (κ1) is 17.7. The lowest BCUT2D eigenvalue weighted by Crippen LogP contribution is -2.29. The Morgan fingerprint density at radius 3 is 2.88 bits per heavy atom. The molecule has 3 rings (SSSR count). The van der Waals surface area contributed by atoms with Crippen LogP contribution in [0.25, 0.3) is 11.0 Å². The lowest BCUT2D eigenvalue weighted by molar-refractivity contribution is 0.300. The highest BCUT2D eigenvalue weighted by Crippen LogP contribution is 2.34. The molecule has 0 fully saturated rings. The van der Waals surface area contributed by atoms with E-state index in [0.29, 0.717) is 12.3 Å². The molecular weight excluding hydrogens is 348 g/mol. The minimum Gasteiger partial charge on any atom is -0.459 e. The van der Waals surface area contributed by atoms with Crippen LogP contribution in [-0.4, -0.2) is 31.6 Å². The van der Waals surface area contributed by atoms with Crippen molar-refractivity contribution in [2.75, 3.05) is 12.8 Å². The van der Waals surface area contributed by atoms with Crippen LogP contribution in [0.3, 0.4) is 0 Å². The number of rotatable bonds is 5. The summed E-state index contributed by atoms with van der Waals surface area (Å²) < 4.78 is 32.8. The summed E-state index contributed by atoms with van der Waals surface area (Å²) >= 11 is 6.45. The Bertz CT molecular complexity index is 845. The van der Waals surface area contributed by atoms with Crippen molar-refractivity contribution in [3.05, 3.63) is 35.1 Å². The Hall–Kier alpha value is -1.08. The fraction of sp³-hybridized carbons (Fsp3) is 0.529. The van der Waals surface area contributed by atoms with Gasteiger partial charge in [0.15, 0.2) is 0 Å². The number of likely N-dealkylation sites (N-methyl/N-ethyl adjacent to an activating group) is 1.